The molecule has 0 aliphatic rings. The average molecular weight is 303 g/mol. The summed E-state index contributed by atoms with van der Waals surface area (Å²) < 4.78 is 12.9. The third-order valence-corrected chi connectivity index (χ3v) is 4.44. The third-order valence-electron chi connectivity index (χ3n) is 3.55. The highest BCUT2D eigenvalue weighted by Crippen LogP contribution is 2.48. The monoisotopic (exact) mass is 303 g/mol. The Morgan fingerprint density at radius 1 is 0.762 bits per heavy atom. The van der Waals surface area contributed by atoms with Gasteiger partial charge >= 0.3 is 0 Å². The maximum atomic E-state index is 11.9. The molecule has 4 nitrogen and oxygen atoms in total. The fourth-order valence-corrected chi connectivity index (χ4v) is 3.76. The molecule has 0 unspecified atom stereocenters. The highest BCUT2D eigenvalue weighted by molar-refractivity contribution is 7.51. The second-order valence-electron chi connectivity index (χ2n) is 5.26. The number of rotatable bonds is 3. The summed E-state index contributed by atoms with van der Waals surface area (Å²) in [6.45, 7) is 7.22. The zero-order valence-electron chi connectivity index (χ0n) is 12.6. The fraction of sp³-hybridized carbons (Fsp3) is 0.250. The summed E-state index contributed by atoms with van der Waals surface area (Å²) in [4.78, 5) is 23.9. The first-order valence-electron chi connectivity index (χ1n) is 6.68. The van der Waals surface area contributed by atoms with Gasteiger partial charge in [-0.2, -0.15) is 0 Å². The van der Waals surface area contributed by atoms with Crippen LogP contribution in [-0.2, 0) is 4.57 Å². The molecule has 0 spiro atoms. The van der Waals surface area contributed by atoms with Crippen LogP contribution in [0.4, 0.5) is 11.4 Å². The Kier molecular flexibility index (Phi) is 4.24. The van der Waals surface area contributed by atoms with Gasteiger partial charge in [0, 0.05) is 7.75 Å². The van der Waals surface area contributed by atoms with Crippen LogP contribution < -0.4 is 14.5 Å². The van der Waals surface area contributed by atoms with Crippen molar-refractivity contribution in [1.29, 1.82) is 0 Å². The van der Waals surface area contributed by atoms with Crippen molar-refractivity contribution in [2.75, 3.05) is 4.67 Å². The molecule has 0 N–H and O–H groups in total. The molecular formula is C16H18NO3P-2. The van der Waals surface area contributed by atoms with Crippen LogP contribution in [0.15, 0.2) is 36.4 Å². The molecule has 21 heavy (non-hydrogen) atoms. The zero-order valence-corrected chi connectivity index (χ0v) is 13.5. The number of para-hydroxylation sites is 2. The molecule has 0 saturated heterocycles. The molecule has 0 aliphatic carbocycles. The van der Waals surface area contributed by atoms with Gasteiger partial charge in [0.1, 0.15) is 0 Å². The normalized spacial score (nSPS) is 11.5. The Labute approximate surface area is 125 Å². The van der Waals surface area contributed by atoms with Gasteiger partial charge in [-0.25, -0.2) is 0 Å². The molecule has 0 fully saturated rings. The third kappa shape index (κ3) is 3.03. The van der Waals surface area contributed by atoms with Gasteiger partial charge in [-0.3, -0.25) is 0 Å². The lowest BCUT2D eigenvalue weighted by Crippen LogP contribution is -2.31. The summed E-state index contributed by atoms with van der Waals surface area (Å²) in [5, 5.41) is 0. The molecule has 0 amide bonds. The molecule has 0 heterocycles. The number of aryl methyl sites for hydroxylation is 4. The largest absolute Gasteiger partial charge is 0.795 e. The van der Waals surface area contributed by atoms with Gasteiger partial charge in [-0.1, -0.05) is 36.4 Å². The second-order valence-corrected chi connectivity index (χ2v) is 6.60. The van der Waals surface area contributed by atoms with E-state index in [2.05, 4.69) is 0 Å². The van der Waals surface area contributed by atoms with E-state index in [1.807, 2.05) is 12.1 Å². The standard InChI is InChI=1S/C16H20NO3P/c1-11-7-5-8-12(2)15(11)17(21(18,19)20)16-13(3)9-6-10-14(16)4/h5-10H,1-4H3,(H2,18,19,20)/p-2. The minimum absolute atomic E-state index is 0.447. The highest BCUT2D eigenvalue weighted by atomic mass is 31.2. The van der Waals surface area contributed by atoms with Crippen LogP contribution in [0.1, 0.15) is 22.3 Å². The van der Waals surface area contributed by atoms with Crippen molar-refractivity contribution in [2.45, 2.75) is 27.7 Å². The van der Waals surface area contributed by atoms with Crippen LogP contribution in [0, 0.1) is 27.7 Å². The van der Waals surface area contributed by atoms with Crippen molar-refractivity contribution in [2.24, 2.45) is 0 Å². The Morgan fingerprint density at radius 3 is 1.29 bits per heavy atom. The first-order valence-corrected chi connectivity index (χ1v) is 8.18. The van der Waals surface area contributed by atoms with Gasteiger partial charge in [0.05, 0.1) is 11.4 Å². The van der Waals surface area contributed by atoms with Crippen molar-refractivity contribution in [3.63, 3.8) is 0 Å². The SMILES string of the molecule is Cc1cccc(C)c1N(c1c(C)cccc1C)P(=O)([O-])[O-]. The summed E-state index contributed by atoms with van der Waals surface area (Å²) >= 11 is 0. The summed E-state index contributed by atoms with van der Waals surface area (Å²) in [5.41, 5.74) is 3.91. The predicted octanol–water partition coefficient (Wildman–Crippen LogP) is 2.89. The lowest BCUT2D eigenvalue weighted by atomic mass is 10.1. The van der Waals surface area contributed by atoms with Gasteiger partial charge in [0.25, 0.3) is 0 Å². The number of hydrogen-bond acceptors (Lipinski definition) is 3. The van der Waals surface area contributed by atoms with Gasteiger partial charge in [-0.15, -0.1) is 0 Å². The van der Waals surface area contributed by atoms with Crippen LogP contribution in [0.25, 0.3) is 0 Å². The van der Waals surface area contributed by atoms with Crippen LogP contribution in [-0.4, -0.2) is 0 Å². The zero-order chi connectivity index (χ0) is 15.8. The van der Waals surface area contributed by atoms with Crippen molar-refractivity contribution < 1.29 is 14.4 Å². The first kappa shape index (κ1) is 15.8. The maximum absolute atomic E-state index is 11.9. The molecule has 5 heteroatoms. The predicted molar refractivity (Wildman–Crippen MR) is 81.6 cm³/mol. The van der Waals surface area contributed by atoms with E-state index in [9.17, 15) is 14.4 Å². The Hall–Kier alpha value is -1.61. The summed E-state index contributed by atoms with van der Waals surface area (Å²) in [5.74, 6) is 0. The molecule has 0 atom stereocenters. The summed E-state index contributed by atoms with van der Waals surface area (Å²) in [7, 11) is -4.99. The van der Waals surface area contributed by atoms with Gasteiger partial charge in [-0.05, 0) is 49.9 Å². The summed E-state index contributed by atoms with van der Waals surface area (Å²) in [6, 6.07) is 10.9. The van der Waals surface area contributed by atoms with Crippen LogP contribution >= 0.6 is 7.75 Å². The lowest BCUT2D eigenvalue weighted by Gasteiger charge is -2.45. The molecule has 2 aromatic rings. The Balaban J connectivity index is 2.81. The molecule has 0 aromatic heterocycles. The lowest BCUT2D eigenvalue weighted by molar-refractivity contribution is -0.313. The molecule has 0 bridgehead atoms. The van der Waals surface area contributed by atoms with E-state index in [0.29, 0.717) is 11.4 Å². The average Bonchev–Trinajstić information content (AvgIpc) is 2.35. The highest BCUT2D eigenvalue weighted by Gasteiger charge is 2.20. The number of hydrogen-bond donors (Lipinski definition) is 0. The maximum Gasteiger partial charge on any atom is 0.0512 e. The van der Waals surface area contributed by atoms with E-state index in [0.717, 1.165) is 26.9 Å². The van der Waals surface area contributed by atoms with E-state index in [1.165, 1.54) is 0 Å². The molecule has 2 rings (SSSR count). The van der Waals surface area contributed by atoms with E-state index in [4.69, 9.17) is 0 Å². The van der Waals surface area contributed by atoms with Crippen molar-refractivity contribution in [1.82, 2.24) is 0 Å². The second kappa shape index (κ2) is 5.64. The topological polar surface area (TPSA) is 66.4 Å². The molecule has 2 aromatic carbocycles. The number of anilines is 2. The van der Waals surface area contributed by atoms with Crippen molar-refractivity contribution in [3.05, 3.63) is 58.7 Å². The smallest absolute Gasteiger partial charge is 0.0512 e. The van der Waals surface area contributed by atoms with E-state index in [1.54, 1.807) is 52.0 Å². The first-order chi connectivity index (χ1) is 9.73. The molecule has 0 saturated carbocycles. The molecule has 112 valence electrons. The van der Waals surface area contributed by atoms with Crippen LogP contribution in [0.3, 0.4) is 0 Å². The van der Waals surface area contributed by atoms with E-state index in [-0.39, 0.29) is 0 Å². The van der Waals surface area contributed by atoms with E-state index < -0.39 is 7.75 Å². The van der Waals surface area contributed by atoms with Crippen LogP contribution in [0.2, 0.25) is 0 Å². The molecular weight excluding hydrogens is 285 g/mol. The fourth-order valence-electron chi connectivity index (χ4n) is 2.64. The molecule has 0 radical (unpaired) electrons. The quantitative estimate of drug-likeness (QED) is 0.818. The number of nitrogens with zero attached hydrogens (tertiary/aromatic N) is 1. The van der Waals surface area contributed by atoms with Crippen molar-refractivity contribution in [3.8, 4) is 0 Å². The Bertz CT molecular complexity index is 629. The van der Waals surface area contributed by atoms with Crippen molar-refractivity contribution >= 4 is 19.1 Å². The van der Waals surface area contributed by atoms with Gasteiger partial charge in [0.2, 0.25) is 0 Å². The van der Waals surface area contributed by atoms with Crippen LogP contribution in [0.5, 0.6) is 0 Å². The van der Waals surface area contributed by atoms with Gasteiger partial charge in [0.15, 0.2) is 0 Å². The molecule has 0 aliphatic heterocycles. The van der Waals surface area contributed by atoms with Gasteiger partial charge < -0.3 is 19.0 Å². The Morgan fingerprint density at radius 2 is 1.05 bits per heavy atom. The minimum atomic E-state index is -4.99. The van der Waals surface area contributed by atoms with E-state index >= 15 is 0 Å². The number of benzene rings is 2. The minimum Gasteiger partial charge on any atom is -0.795 e. The summed E-state index contributed by atoms with van der Waals surface area (Å²) in [6.07, 6.45) is 0.